The van der Waals surface area contributed by atoms with Gasteiger partial charge in [0, 0.05) is 0 Å². The van der Waals surface area contributed by atoms with Crippen LogP contribution in [0, 0.1) is 27.7 Å². The third-order valence-electron chi connectivity index (χ3n) is 5.08. The predicted molar refractivity (Wildman–Crippen MR) is 117 cm³/mol. The molecule has 0 aliphatic carbocycles. The first-order valence-corrected chi connectivity index (χ1v) is 10.2. The number of carbonyl (C=O) groups excluding carboxylic acids is 1. The van der Waals surface area contributed by atoms with Gasteiger partial charge in [-0.05, 0) is 68.2 Å². The highest BCUT2D eigenvalue weighted by atomic mass is 79.9. The number of aromatic nitrogens is 4. The SMILES string of the molecule is COc1cccc(Cn2nc(C)c(NC(=O)C(C)n3nc(C)c(Br)c3C)c2C)c1. The van der Waals surface area contributed by atoms with Gasteiger partial charge < -0.3 is 10.1 Å². The van der Waals surface area contributed by atoms with Gasteiger partial charge in [0.25, 0.3) is 0 Å². The minimum Gasteiger partial charge on any atom is -0.497 e. The molecular weight excluding hydrogens is 434 g/mol. The standard InChI is InChI=1S/C21H26BrN5O2/c1-12-19(22)14(3)27(25-12)16(5)21(28)23-20-13(2)24-26(15(20)4)11-17-8-7-9-18(10-17)29-6/h7-10,16H,11H2,1-6H3,(H,23,28). The van der Waals surface area contributed by atoms with Crippen molar-refractivity contribution in [1.82, 2.24) is 19.6 Å². The van der Waals surface area contributed by atoms with Crippen molar-refractivity contribution in [3.05, 3.63) is 57.1 Å². The number of aryl methyl sites for hydroxylation is 2. The summed E-state index contributed by atoms with van der Waals surface area (Å²) in [5.74, 6) is 0.678. The number of methoxy groups -OCH3 is 1. The third kappa shape index (κ3) is 4.22. The van der Waals surface area contributed by atoms with Gasteiger partial charge in [0.1, 0.15) is 11.8 Å². The first kappa shape index (κ1) is 21.1. The topological polar surface area (TPSA) is 74.0 Å². The number of amides is 1. The lowest BCUT2D eigenvalue weighted by Gasteiger charge is -2.15. The molecule has 0 spiro atoms. The molecule has 0 fully saturated rings. The van der Waals surface area contributed by atoms with Crippen molar-refractivity contribution in [3.63, 3.8) is 0 Å². The van der Waals surface area contributed by atoms with E-state index in [1.165, 1.54) is 0 Å². The van der Waals surface area contributed by atoms with Crippen LogP contribution in [0.25, 0.3) is 0 Å². The minimum atomic E-state index is -0.444. The number of nitrogens with zero attached hydrogens (tertiary/aromatic N) is 4. The molecule has 0 aliphatic heterocycles. The van der Waals surface area contributed by atoms with Crippen LogP contribution in [0.4, 0.5) is 5.69 Å². The first-order valence-electron chi connectivity index (χ1n) is 9.42. The zero-order valence-corrected chi connectivity index (χ0v) is 19.2. The summed E-state index contributed by atoms with van der Waals surface area (Å²) in [4.78, 5) is 12.9. The van der Waals surface area contributed by atoms with Crippen molar-refractivity contribution in [1.29, 1.82) is 0 Å². The van der Waals surface area contributed by atoms with Crippen LogP contribution in [0.15, 0.2) is 28.7 Å². The first-order chi connectivity index (χ1) is 13.7. The van der Waals surface area contributed by atoms with Crippen LogP contribution in [-0.2, 0) is 11.3 Å². The number of nitrogens with one attached hydrogen (secondary N) is 1. The fourth-order valence-electron chi connectivity index (χ4n) is 3.33. The van der Waals surface area contributed by atoms with Gasteiger partial charge in [-0.1, -0.05) is 12.1 Å². The summed E-state index contributed by atoms with van der Waals surface area (Å²) in [5, 5.41) is 12.1. The molecule has 1 amide bonds. The number of anilines is 1. The molecule has 1 unspecified atom stereocenters. The van der Waals surface area contributed by atoms with E-state index >= 15 is 0 Å². The van der Waals surface area contributed by atoms with Gasteiger partial charge >= 0.3 is 0 Å². The van der Waals surface area contributed by atoms with E-state index in [1.54, 1.807) is 11.8 Å². The van der Waals surface area contributed by atoms with E-state index < -0.39 is 6.04 Å². The molecule has 0 saturated carbocycles. The van der Waals surface area contributed by atoms with E-state index in [9.17, 15) is 4.79 Å². The quantitative estimate of drug-likeness (QED) is 0.594. The number of hydrogen-bond acceptors (Lipinski definition) is 4. The highest BCUT2D eigenvalue weighted by Gasteiger charge is 2.23. The smallest absolute Gasteiger partial charge is 0.249 e. The van der Waals surface area contributed by atoms with E-state index in [0.717, 1.165) is 44.2 Å². The zero-order valence-electron chi connectivity index (χ0n) is 17.6. The lowest BCUT2D eigenvalue weighted by molar-refractivity contribution is -0.119. The number of ether oxygens (including phenoxy) is 1. The van der Waals surface area contributed by atoms with E-state index in [0.29, 0.717) is 6.54 Å². The normalized spacial score (nSPS) is 12.1. The molecule has 1 atom stereocenters. The second-order valence-corrected chi connectivity index (χ2v) is 7.94. The minimum absolute atomic E-state index is 0.129. The molecule has 0 bridgehead atoms. The highest BCUT2D eigenvalue weighted by molar-refractivity contribution is 9.10. The Morgan fingerprint density at radius 1 is 1.17 bits per heavy atom. The maximum atomic E-state index is 12.9. The number of carbonyl (C=O) groups is 1. The van der Waals surface area contributed by atoms with Crippen molar-refractivity contribution >= 4 is 27.5 Å². The Morgan fingerprint density at radius 3 is 2.52 bits per heavy atom. The zero-order chi connectivity index (χ0) is 21.3. The van der Waals surface area contributed by atoms with Gasteiger partial charge in [0.2, 0.25) is 5.91 Å². The molecule has 8 heteroatoms. The number of benzene rings is 1. The summed E-state index contributed by atoms with van der Waals surface area (Å²) in [5.41, 5.74) is 5.29. The highest BCUT2D eigenvalue weighted by Crippen LogP contribution is 2.25. The van der Waals surface area contributed by atoms with Gasteiger partial charge in [-0.2, -0.15) is 10.2 Å². The van der Waals surface area contributed by atoms with Crippen molar-refractivity contribution in [2.24, 2.45) is 0 Å². The molecule has 1 N–H and O–H groups in total. The average Bonchev–Trinajstić information content (AvgIpc) is 3.11. The second kappa shape index (κ2) is 8.41. The fraction of sp³-hybridized carbons (Fsp3) is 0.381. The molecule has 0 aliphatic rings. The van der Waals surface area contributed by atoms with Gasteiger partial charge in [0.15, 0.2) is 0 Å². The van der Waals surface area contributed by atoms with Crippen molar-refractivity contribution in [2.45, 2.75) is 47.2 Å². The molecule has 1 aromatic carbocycles. The van der Waals surface area contributed by atoms with E-state index in [4.69, 9.17) is 4.74 Å². The fourth-order valence-corrected chi connectivity index (χ4v) is 3.60. The van der Waals surface area contributed by atoms with E-state index in [2.05, 4.69) is 31.4 Å². The van der Waals surface area contributed by atoms with Crippen LogP contribution in [-0.4, -0.2) is 32.6 Å². The van der Waals surface area contributed by atoms with E-state index in [1.807, 2.05) is 63.6 Å². The Bertz CT molecular complexity index is 1050. The summed E-state index contributed by atoms with van der Waals surface area (Å²) >= 11 is 3.52. The maximum absolute atomic E-state index is 12.9. The Balaban J connectivity index is 1.80. The Hall–Kier alpha value is -2.61. The molecule has 2 heterocycles. The molecule has 29 heavy (non-hydrogen) atoms. The Kier molecular flexibility index (Phi) is 6.12. The molecule has 154 valence electrons. The molecule has 0 radical (unpaired) electrons. The van der Waals surface area contributed by atoms with Crippen LogP contribution in [0.3, 0.4) is 0 Å². The Morgan fingerprint density at radius 2 is 1.90 bits per heavy atom. The second-order valence-electron chi connectivity index (χ2n) is 7.15. The molecule has 3 rings (SSSR count). The lowest BCUT2D eigenvalue weighted by Crippen LogP contribution is -2.25. The van der Waals surface area contributed by atoms with Crippen molar-refractivity contribution in [2.75, 3.05) is 12.4 Å². The number of halogens is 1. The van der Waals surface area contributed by atoms with E-state index in [-0.39, 0.29) is 5.91 Å². The van der Waals surface area contributed by atoms with Gasteiger partial charge in [0.05, 0.1) is 46.6 Å². The maximum Gasteiger partial charge on any atom is 0.249 e. The van der Waals surface area contributed by atoms with Crippen molar-refractivity contribution < 1.29 is 9.53 Å². The summed E-state index contributed by atoms with van der Waals surface area (Å²) in [6.07, 6.45) is 0. The summed E-state index contributed by atoms with van der Waals surface area (Å²) in [7, 11) is 1.65. The average molecular weight is 460 g/mol. The van der Waals surface area contributed by atoms with Gasteiger partial charge in [-0.25, -0.2) is 0 Å². The van der Waals surface area contributed by atoms with Crippen molar-refractivity contribution in [3.8, 4) is 5.75 Å². The molecule has 0 saturated heterocycles. The molecular formula is C21H26BrN5O2. The molecule has 7 nitrogen and oxygen atoms in total. The summed E-state index contributed by atoms with van der Waals surface area (Å²) in [6.45, 7) is 10.1. The monoisotopic (exact) mass is 459 g/mol. The van der Waals surface area contributed by atoms with Crippen LogP contribution in [0.2, 0.25) is 0 Å². The van der Waals surface area contributed by atoms with Crippen LogP contribution in [0.1, 0.15) is 41.3 Å². The Labute approximate surface area is 179 Å². The summed E-state index contributed by atoms with van der Waals surface area (Å²) < 4.78 is 9.85. The largest absolute Gasteiger partial charge is 0.497 e. The van der Waals surface area contributed by atoms with Gasteiger partial charge in [-0.3, -0.25) is 14.2 Å². The molecule has 2 aromatic heterocycles. The summed E-state index contributed by atoms with van der Waals surface area (Å²) in [6, 6.07) is 7.43. The lowest BCUT2D eigenvalue weighted by atomic mass is 10.2. The van der Waals surface area contributed by atoms with Crippen LogP contribution >= 0.6 is 15.9 Å². The predicted octanol–water partition coefficient (Wildman–Crippen LogP) is 4.33. The van der Waals surface area contributed by atoms with Gasteiger partial charge in [-0.15, -0.1) is 0 Å². The van der Waals surface area contributed by atoms with Crippen LogP contribution < -0.4 is 10.1 Å². The molecule has 3 aromatic rings. The third-order valence-corrected chi connectivity index (χ3v) is 6.23. The number of hydrogen-bond donors (Lipinski definition) is 1. The number of rotatable bonds is 6. The van der Waals surface area contributed by atoms with Crippen LogP contribution in [0.5, 0.6) is 5.75 Å².